The lowest BCUT2D eigenvalue weighted by molar-refractivity contribution is -0.257. The van der Waals surface area contributed by atoms with E-state index in [2.05, 4.69) is 0 Å². The molecule has 0 aromatic carbocycles. The summed E-state index contributed by atoms with van der Waals surface area (Å²) in [5, 5.41) is 0. The van der Waals surface area contributed by atoms with Crippen molar-refractivity contribution in [3.63, 3.8) is 0 Å². The van der Waals surface area contributed by atoms with Crippen molar-refractivity contribution in [3.05, 3.63) is 0 Å². The number of hydrogen-bond donors (Lipinski definition) is 1. The quantitative estimate of drug-likeness (QED) is 0.476. The van der Waals surface area contributed by atoms with E-state index in [4.69, 9.17) is 9.56 Å². The molecule has 0 bridgehead atoms. The van der Waals surface area contributed by atoms with Gasteiger partial charge >= 0.3 is 7.60 Å². The predicted octanol–water partition coefficient (Wildman–Crippen LogP) is 3.79. The van der Waals surface area contributed by atoms with Crippen molar-refractivity contribution < 1.29 is 19.0 Å². The molecule has 0 spiro atoms. The van der Waals surface area contributed by atoms with Crippen LogP contribution in [0, 0.1) is 0 Å². The molecule has 4 nitrogen and oxygen atoms in total. The van der Waals surface area contributed by atoms with Crippen LogP contribution in [-0.2, 0) is 14.1 Å². The molecular formula is C12H23O4P. The van der Waals surface area contributed by atoms with Gasteiger partial charge in [0.15, 0.2) is 0 Å². The first-order chi connectivity index (χ1) is 8.18. The maximum Gasteiger partial charge on any atom is 0.358 e. The van der Waals surface area contributed by atoms with Gasteiger partial charge in [0, 0.05) is 0 Å². The van der Waals surface area contributed by atoms with Crippen LogP contribution < -0.4 is 0 Å². The average Bonchev–Trinajstić information content (AvgIpc) is 2.39. The van der Waals surface area contributed by atoms with E-state index in [0.717, 1.165) is 51.4 Å². The molecule has 2 fully saturated rings. The molecule has 100 valence electrons. The lowest BCUT2D eigenvalue weighted by Crippen LogP contribution is -2.20. The molecule has 1 N–H and O–H groups in total. The van der Waals surface area contributed by atoms with E-state index < -0.39 is 7.60 Å². The Morgan fingerprint density at radius 1 is 0.882 bits per heavy atom. The lowest BCUT2D eigenvalue weighted by atomic mass is 9.98. The third-order valence-corrected chi connectivity index (χ3v) is 5.61. The largest absolute Gasteiger partial charge is 0.358 e. The van der Waals surface area contributed by atoms with Gasteiger partial charge in [-0.1, -0.05) is 38.5 Å². The molecule has 0 aromatic rings. The van der Waals surface area contributed by atoms with Crippen LogP contribution in [0.3, 0.4) is 0 Å². The number of rotatable bonds is 4. The summed E-state index contributed by atoms with van der Waals surface area (Å²) in [6, 6.07) is 0. The van der Waals surface area contributed by atoms with E-state index in [1.54, 1.807) is 0 Å². The maximum atomic E-state index is 12.0. The summed E-state index contributed by atoms with van der Waals surface area (Å²) in [7, 11) is -3.56. The summed E-state index contributed by atoms with van der Waals surface area (Å²) >= 11 is 0. The molecule has 0 aliphatic heterocycles. The monoisotopic (exact) mass is 262 g/mol. The predicted molar refractivity (Wildman–Crippen MR) is 65.7 cm³/mol. The van der Waals surface area contributed by atoms with Gasteiger partial charge < -0.3 is 4.89 Å². The normalized spacial score (nSPS) is 27.8. The van der Waals surface area contributed by atoms with E-state index in [1.165, 1.54) is 12.8 Å². The van der Waals surface area contributed by atoms with E-state index in [1.807, 2.05) is 0 Å². The maximum absolute atomic E-state index is 12.0. The Morgan fingerprint density at radius 3 is 2.00 bits per heavy atom. The molecule has 0 heterocycles. The van der Waals surface area contributed by atoms with Gasteiger partial charge in [-0.15, -0.1) is 4.67 Å². The van der Waals surface area contributed by atoms with E-state index in [-0.39, 0.29) is 11.8 Å². The molecule has 2 aliphatic rings. The topological polar surface area (TPSA) is 55.8 Å². The van der Waals surface area contributed by atoms with Gasteiger partial charge in [-0.3, -0.25) is 4.57 Å². The molecular weight excluding hydrogens is 239 g/mol. The van der Waals surface area contributed by atoms with Gasteiger partial charge in [0.1, 0.15) is 0 Å². The van der Waals surface area contributed by atoms with Crippen molar-refractivity contribution in [2.75, 3.05) is 0 Å². The third kappa shape index (κ3) is 4.06. The van der Waals surface area contributed by atoms with Crippen molar-refractivity contribution in [1.82, 2.24) is 0 Å². The number of hydrogen-bond acceptors (Lipinski definition) is 3. The Bertz CT molecular complexity index is 270. The van der Waals surface area contributed by atoms with Crippen LogP contribution in [0.2, 0.25) is 0 Å². The Hall–Kier alpha value is 0.110. The molecule has 5 heteroatoms. The molecule has 17 heavy (non-hydrogen) atoms. The Balaban J connectivity index is 1.77. The molecule has 1 atom stereocenters. The first-order valence-electron chi connectivity index (χ1n) is 6.86. The Labute approximate surface area is 103 Å². The minimum Gasteiger partial charge on any atom is -0.323 e. The molecule has 0 radical (unpaired) electrons. The average molecular weight is 262 g/mol. The molecule has 1 unspecified atom stereocenters. The zero-order valence-corrected chi connectivity index (χ0v) is 11.2. The summed E-state index contributed by atoms with van der Waals surface area (Å²) in [6.07, 6.45) is 10.2. The van der Waals surface area contributed by atoms with Crippen LogP contribution in [0.4, 0.5) is 0 Å². The van der Waals surface area contributed by atoms with Crippen LogP contribution in [0.1, 0.15) is 64.2 Å². The SMILES string of the molecule is O=P(O)(OOC1CCCCC1)C1CCCCC1. The van der Waals surface area contributed by atoms with E-state index >= 15 is 0 Å². The molecule has 2 saturated carbocycles. The van der Waals surface area contributed by atoms with Crippen molar-refractivity contribution in [1.29, 1.82) is 0 Å². The molecule has 0 aromatic heterocycles. The minimum absolute atomic E-state index is 0.0211. The lowest BCUT2D eigenvalue weighted by Gasteiger charge is -2.27. The fraction of sp³-hybridized carbons (Fsp3) is 1.00. The van der Waals surface area contributed by atoms with Crippen molar-refractivity contribution in [2.45, 2.75) is 76.0 Å². The second-order valence-corrected chi connectivity index (χ2v) is 7.29. The van der Waals surface area contributed by atoms with Gasteiger partial charge in [0.2, 0.25) is 0 Å². The Morgan fingerprint density at radius 2 is 1.41 bits per heavy atom. The van der Waals surface area contributed by atoms with Gasteiger partial charge in [-0.2, -0.15) is 0 Å². The van der Waals surface area contributed by atoms with Crippen LogP contribution in [0.5, 0.6) is 0 Å². The van der Waals surface area contributed by atoms with Crippen LogP contribution in [-0.4, -0.2) is 16.7 Å². The van der Waals surface area contributed by atoms with Crippen LogP contribution >= 0.6 is 7.60 Å². The fourth-order valence-electron chi connectivity index (χ4n) is 2.75. The molecule has 0 saturated heterocycles. The smallest absolute Gasteiger partial charge is 0.323 e. The minimum atomic E-state index is -3.56. The highest BCUT2D eigenvalue weighted by atomic mass is 31.2. The summed E-state index contributed by atoms with van der Waals surface area (Å²) < 4.78 is 16.9. The summed E-state index contributed by atoms with van der Waals surface area (Å²) in [4.78, 5) is 15.1. The van der Waals surface area contributed by atoms with Crippen molar-refractivity contribution in [3.8, 4) is 0 Å². The summed E-state index contributed by atoms with van der Waals surface area (Å²) in [5.41, 5.74) is -0.208. The summed E-state index contributed by atoms with van der Waals surface area (Å²) in [6.45, 7) is 0. The second kappa shape index (κ2) is 6.33. The van der Waals surface area contributed by atoms with Crippen molar-refractivity contribution >= 4 is 7.60 Å². The van der Waals surface area contributed by atoms with Gasteiger partial charge in [-0.05, 0) is 25.7 Å². The Kier molecular flexibility index (Phi) is 5.04. The highest BCUT2D eigenvalue weighted by Gasteiger charge is 2.35. The van der Waals surface area contributed by atoms with E-state index in [0.29, 0.717) is 0 Å². The highest BCUT2D eigenvalue weighted by molar-refractivity contribution is 7.53. The molecule has 0 amide bonds. The molecule has 2 aliphatic carbocycles. The van der Waals surface area contributed by atoms with Crippen molar-refractivity contribution in [2.24, 2.45) is 0 Å². The molecule has 2 rings (SSSR count). The zero-order chi connectivity index (χ0) is 12.1. The van der Waals surface area contributed by atoms with Crippen LogP contribution in [0.25, 0.3) is 0 Å². The van der Waals surface area contributed by atoms with Crippen LogP contribution in [0.15, 0.2) is 0 Å². The zero-order valence-electron chi connectivity index (χ0n) is 10.3. The highest BCUT2D eigenvalue weighted by Crippen LogP contribution is 2.53. The summed E-state index contributed by atoms with van der Waals surface area (Å²) in [5.74, 6) is 0. The fourth-order valence-corrected chi connectivity index (χ4v) is 4.14. The van der Waals surface area contributed by atoms with E-state index in [9.17, 15) is 9.46 Å². The second-order valence-electron chi connectivity index (χ2n) is 5.29. The first kappa shape index (κ1) is 13.5. The first-order valence-corrected chi connectivity index (χ1v) is 8.51. The van der Waals surface area contributed by atoms with Gasteiger partial charge in [-0.25, -0.2) is 4.89 Å². The third-order valence-electron chi connectivity index (χ3n) is 3.87. The van der Waals surface area contributed by atoms with Gasteiger partial charge in [0.25, 0.3) is 0 Å². The standard InChI is InChI=1S/C12H23O4P/c13-17(14,12-9-5-2-6-10-12)16-15-11-7-3-1-4-8-11/h11-12H,1-10H2,(H,13,14). The van der Waals surface area contributed by atoms with Gasteiger partial charge in [0.05, 0.1) is 11.8 Å².